The van der Waals surface area contributed by atoms with E-state index >= 15 is 0 Å². The van der Waals surface area contributed by atoms with E-state index in [9.17, 15) is 13.6 Å². The second kappa shape index (κ2) is 9.08. The molecule has 2 N–H and O–H groups in total. The fourth-order valence-corrected chi connectivity index (χ4v) is 4.18. The highest BCUT2D eigenvalue weighted by Gasteiger charge is 2.36. The smallest absolute Gasteiger partial charge is 0.261 e. The Morgan fingerprint density at radius 3 is 2.53 bits per heavy atom. The van der Waals surface area contributed by atoms with Gasteiger partial charge in [-0.1, -0.05) is 56.7 Å². The lowest BCUT2D eigenvalue weighted by molar-refractivity contribution is 0.0657. The molecule has 2 atom stereocenters. The summed E-state index contributed by atoms with van der Waals surface area (Å²) in [4.78, 5) is 13.3. The molecule has 0 aliphatic carbocycles. The maximum Gasteiger partial charge on any atom is 0.261 e. The predicted molar refractivity (Wildman–Crippen MR) is 129 cm³/mol. The number of amides is 1. The standard InChI is InChI=1S/C26H30F2N4O2/c1-15-6-8-16(9-7-15)19-13-21(23(27)28)32-24(30-19)18(14-29-32)25(33)31-20-12-17(26(2,3)4)10-11-22(20)34-5/h6-12,14,19,21,23,30H,13H2,1-5H3,(H,31,33)/t19-,21+/m0/s1. The number of carbonyl (C=O) groups is 1. The van der Waals surface area contributed by atoms with E-state index in [0.29, 0.717) is 11.4 Å². The highest BCUT2D eigenvalue weighted by atomic mass is 19.3. The molecule has 1 amide bonds. The molecule has 0 saturated carbocycles. The first-order valence-electron chi connectivity index (χ1n) is 11.3. The first kappa shape index (κ1) is 23.7. The Morgan fingerprint density at radius 1 is 1.21 bits per heavy atom. The number of aryl methyl sites for hydroxylation is 1. The van der Waals surface area contributed by atoms with Gasteiger partial charge in [-0.15, -0.1) is 0 Å². The van der Waals surface area contributed by atoms with Crippen LogP contribution in [0, 0.1) is 6.92 Å². The largest absolute Gasteiger partial charge is 0.495 e. The zero-order valence-corrected chi connectivity index (χ0v) is 20.0. The molecule has 2 heterocycles. The third kappa shape index (κ3) is 4.62. The molecule has 6 nitrogen and oxygen atoms in total. The minimum absolute atomic E-state index is 0.129. The van der Waals surface area contributed by atoms with Crippen LogP contribution < -0.4 is 15.4 Å². The normalized spacial score (nSPS) is 17.8. The van der Waals surface area contributed by atoms with Crippen molar-refractivity contribution in [1.29, 1.82) is 0 Å². The molecular weight excluding hydrogens is 438 g/mol. The number of alkyl halides is 2. The van der Waals surface area contributed by atoms with E-state index in [0.717, 1.165) is 16.7 Å². The molecule has 0 spiro atoms. The Labute approximate surface area is 198 Å². The number of hydrogen-bond donors (Lipinski definition) is 2. The molecule has 2 aromatic carbocycles. The molecule has 8 heteroatoms. The number of fused-ring (bicyclic) bond motifs is 1. The molecule has 0 radical (unpaired) electrons. The molecule has 1 aliphatic heterocycles. The predicted octanol–water partition coefficient (Wildman–Crippen LogP) is 6.11. The van der Waals surface area contributed by atoms with Gasteiger partial charge in [-0.05, 0) is 42.0 Å². The van der Waals surface area contributed by atoms with Gasteiger partial charge in [-0.25, -0.2) is 13.5 Å². The van der Waals surface area contributed by atoms with Crippen molar-refractivity contribution in [3.05, 3.63) is 70.9 Å². The van der Waals surface area contributed by atoms with Crippen LogP contribution >= 0.6 is 0 Å². The quantitative estimate of drug-likeness (QED) is 0.474. The number of aromatic nitrogens is 2. The summed E-state index contributed by atoms with van der Waals surface area (Å²) in [5.74, 6) is 0.347. The van der Waals surface area contributed by atoms with E-state index in [1.165, 1.54) is 18.0 Å². The lowest BCUT2D eigenvalue weighted by Gasteiger charge is -2.32. The number of ether oxygens (including phenoxy) is 1. The van der Waals surface area contributed by atoms with Gasteiger partial charge in [0.2, 0.25) is 0 Å². The van der Waals surface area contributed by atoms with Crippen molar-refractivity contribution in [2.24, 2.45) is 0 Å². The lowest BCUT2D eigenvalue weighted by Crippen LogP contribution is -2.31. The average Bonchev–Trinajstić information content (AvgIpc) is 3.22. The lowest BCUT2D eigenvalue weighted by atomic mass is 9.87. The SMILES string of the molecule is COc1ccc(C(C)(C)C)cc1NC(=O)c1cnn2c1N[C@H](c1ccc(C)cc1)C[C@@H]2C(F)F. The Hall–Kier alpha value is -3.42. The number of nitrogens with zero attached hydrogens (tertiary/aromatic N) is 2. The van der Waals surface area contributed by atoms with Crippen LogP contribution in [0.4, 0.5) is 20.3 Å². The van der Waals surface area contributed by atoms with Crippen molar-refractivity contribution in [3.8, 4) is 5.75 Å². The van der Waals surface area contributed by atoms with Gasteiger partial charge in [0, 0.05) is 0 Å². The number of anilines is 2. The van der Waals surface area contributed by atoms with Crippen LogP contribution in [0.2, 0.25) is 0 Å². The number of methoxy groups -OCH3 is 1. The summed E-state index contributed by atoms with van der Waals surface area (Å²) < 4.78 is 34.6. The van der Waals surface area contributed by atoms with Crippen molar-refractivity contribution in [1.82, 2.24) is 9.78 Å². The number of halogens is 2. The van der Waals surface area contributed by atoms with Gasteiger partial charge in [-0.3, -0.25) is 4.79 Å². The summed E-state index contributed by atoms with van der Waals surface area (Å²) in [6.07, 6.45) is -1.11. The van der Waals surface area contributed by atoms with E-state index < -0.39 is 18.4 Å². The van der Waals surface area contributed by atoms with Crippen LogP contribution in [-0.4, -0.2) is 29.2 Å². The summed E-state index contributed by atoms with van der Waals surface area (Å²) in [5.41, 5.74) is 3.57. The number of rotatable bonds is 5. The Morgan fingerprint density at radius 2 is 1.91 bits per heavy atom. The summed E-state index contributed by atoms with van der Waals surface area (Å²) in [6.45, 7) is 8.21. The molecular formula is C26H30F2N4O2. The van der Waals surface area contributed by atoms with Crippen LogP contribution in [-0.2, 0) is 5.41 Å². The molecule has 1 aliphatic rings. The third-order valence-electron chi connectivity index (χ3n) is 6.23. The fourth-order valence-electron chi connectivity index (χ4n) is 4.18. The van der Waals surface area contributed by atoms with Crippen LogP contribution in [0.25, 0.3) is 0 Å². The Bertz CT molecular complexity index is 1180. The van der Waals surface area contributed by atoms with Gasteiger partial charge >= 0.3 is 0 Å². The number of carbonyl (C=O) groups excluding carboxylic acids is 1. The zero-order valence-electron chi connectivity index (χ0n) is 20.0. The fraction of sp³-hybridized carbons (Fsp3) is 0.385. The van der Waals surface area contributed by atoms with Gasteiger partial charge in [0.1, 0.15) is 23.2 Å². The van der Waals surface area contributed by atoms with E-state index in [4.69, 9.17) is 4.74 Å². The Balaban J connectivity index is 1.67. The van der Waals surface area contributed by atoms with Crippen LogP contribution in [0.15, 0.2) is 48.7 Å². The van der Waals surface area contributed by atoms with Gasteiger partial charge in [0.25, 0.3) is 12.3 Å². The topological polar surface area (TPSA) is 68.2 Å². The molecule has 180 valence electrons. The maximum atomic E-state index is 14.0. The van der Waals surface area contributed by atoms with Crippen molar-refractivity contribution < 1.29 is 18.3 Å². The summed E-state index contributed by atoms with van der Waals surface area (Å²) in [7, 11) is 1.53. The molecule has 34 heavy (non-hydrogen) atoms. The highest BCUT2D eigenvalue weighted by Crippen LogP contribution is 2.40. The molecule has 0 saturated heterocycles. The third-order valence-corrected chi connectivity index (χ3v) is 6.23. The van der Waals surface area contributed by atoms with Crippen LogP contribution in [0.5, 0.6) is 5.75 Å². The molecule has 1 aromatic heterocycles. The van der Waals surface area contributed by atoms with E-state index in [-0.39, 0.29) is 29.3 Å². The zero-order chi connectivity index (χ0) is 24.6. The summed E-state index contributed by atoms with van der Waals surface area (Å²) in [5, 5.41) is 10.3. The Kier molecular flexibility index (Phi) is 6.34. The summed E-state index contributed by atoms with van der Waals surface area (Å²) in [6, 6.07) is 11.9. The van der Waals surface area contributed by atoms with E-state index in [2.05, 4.69) is 36.5 Å². The van der Waals surface area contributed by atoms with Gasteiger partial charge in [0.05, 0.1) is 25.0 Å². The monoisotopic (exact) mass is 468 g/mol. The maximum absolute atomic E-state index is 14.0. The molecule has 0 fully saturated rings. The van der Waals surface area contributed by atoms with Gasteiger partial charge in [-0.2, -0.15) is 5.10 Å². The van der Waals surface area contributed by atoms with Crippen molar-refractivity contribution >= 4 is 17.4 Å². The summed E-state index contributed by atoms with van der Waals surface area (Å²) >= 11 is 0. The number of benzene rings is 2. The second-order valence-electron chi connectivity index (χ2n) is 9.72. The second-order valence-corrected chi connectivity index (χ2v) is 9.72. The van der Waals surface area contributed by atoms with E-state index in [1.807, 2.05) is 49.4 Å². The first-order chi connectivity index (χ1) is 16.1. The van der Waals surface area contributed by atoms with Crippen LogP contribution in [0.3, 0.4) is 0 Å². The van der Waals surface area contributed by atoms with Gasteiger partial charge < -0.3 is 15.4 Å². The van der Waals surface area contributed by atoms with Crippen molar-refractivity contribution in [2.45, 2.75) is 58.0 Å². The van der Waals surface area contributed by atoms with E-state index in [1.54, 1.807) is 0 Å². The van der Waals surface area contributed by atoms with Crippen LogP contribution in [0.1, 0.15) is 66.3 Å². The molecule has 3 aromatic rings. The minimum Gasteiger partial charge on any atom is -0.495 e. The molecule has 4 rings (SSSR count). The number of nitrogens with one attached hydrogen (secondary N) is 2. The highest BCUT2D eigenvalue weighted by molar-refractivity contribution is 6.08. The minimum atomic E-state index is -2.62. The van der Waals surface area contributed by atoms with Gasteiger partial charge in [0.15, 0.2) is 0 Å². The van der Waals surface area contributed by atoms with Crippen molar-refractivity contribution in [2.75, 3.05) is 17.7 Å². The first-order valence-corrected chi connectivity index (χ1v) is 11.3. The van der Waals surface area contributed by atoms with Crippen molar-refractivity contribution in [3.63, 3.8) is 0 Å². The molecule has 0 unspecified atom stereocenters. The molecule has 0 bridgehead atoms. The average molecular weight is 469 g/mol. The number of hydrogen-bond acceptors (Lipinski definition) is 4.